The van der Waals surface area contributed by atoms with Crippen molar-refractivity contribution in [3.05, 3.63) is 90.0 Å². The molecule has 2 amide bonds. The first-order valence-electron chi connectivity index (χ1n) is 10.8. The molecule has 0 aliphatic carbocycles. The molecule has 4 rings (SSSR count). The third-order valence-electron chi connectivity index (χ3n) is 5.80. The number of amides is 2. The zero-order valence-electron chi connectivity index (χ0n) is 18.6. The molecule has 0 spiro atoms. The molecular weight excluding hydrogens is 445 g/mol. The minimum absolute atomic E-state index is 0.113. The van der Waals surface area contributed by atoms with Gasteiger partial charge in [-0.05, 0) is 61.4 Å². The summed E-state index contributed by atoms with van der Waals surface area (Å²) >= 11 is 0. The van der Waals surface area contributed by atoms with Crippen LogP contribution in [0.1, 0.15) is 42.2 Å². The number of halogens is 3. The summed E-state index contributed by atoms with van der Waals surface area (Å²) in [6, 6.07) is 21.1. The molecule has 0 unspecified atom stereocenters. The Morgan fingerprint density at radius 2 is 1.56 bits per heavy atom. The monoisotopic (exact) mass is 468 g/mol. The second-order valence-electron chi connectivity index (χ2n) is 8.13. The molecule has 176 valence electrons. The van der Waals surface area contributed by atoms with Gasteiger partial charge in [0.2, 0.25) is 5.91 Å². The highest BCUT2D eigenvalue weighted by atomic mass is 19.4. The first-order valence-corrected chi connectivity index (χ1v) is 10.8. The van der Waals surface area contributed by atoms with Crippen molar-refractivity contribution in [2.45, 2.75) is 38.7 Å². The maximum Gasteiger partial charge on any atom is 0.573 e. The number of ether oxygens (including phenoxy) is 1. The molecule has 0 bridgehead atoms. The number of rotatable bonds is 4. The molecule has 0 saturated carbocycles. The third-order valence-corrected chi connectivity index (χ3v) is 5.80. The van der Waals surface area contributed by atoms with Crippen molar-refractivity contribution in [1.29, 1.82) is 0 Å². The largest absolute Gasteiger partial charge is 0.573 e. The van der Waals surface area contributed by atoms with Crippen molar-refractivity contribution in [2.24, 2.45) is 0 Å². The Morgan fingerprint density at radius 3 is 2.18 bits per heavy atom. The highest BCUT2D eigenvalue weighted by Gasteiger charge is 2.38. The zero-order chi connectivity index (χ0) is 24.5. The second kappa shape index (κ2) is 9.21. The summed E-state index contributed by atoms with van der Waals surface area (Å²) in [5.41, 5.74) is 2.49. The standard InChI is InChI=1S/C26H23F3N2O3/c1-17-16-24(31(18(2)32)20-8-4-3-5-9-20)22-10-6-7-11-23(22)30(17)25(33)19-12-14-21(15-13-19)34-26(27,28)29/h3-15,17,24H,16H2,1-2H3/t17-,24+/m1/s1. The van der Waals surface area contributed by atoms with E-state index in [4.69, 9.17) is 0 Å². The molecule has 1 aliphatic heterocycles. The van der Waals surface area contributed by atoms with Crippen LogP contribution < -0.4 is 14.5 Å². The van der Waals surface area contributed by atoms with Crippen LogP contribution in [0.5, 0.6) is 5.75 Å². The van der Waals surface area contributed by atoms with Gasteiger partial charge in [-0.15, -0.1) is 13.2 Å². The number of nitrogens with zero attached hydrogens (tertiary/aromatic N) is 2. The molecule has 1 aliphatic rings. The van der Waals surface area contributed by atoms with Crippen LogP contribution in [0, 0.1) is 0 Å². The van der Waals surface area contributed by atoms with Crippen molar-refractivity contribution in [2.75, 3.05) is 9.80 Å². The summed E-state index contributed by atoms with van der Waals surface area (Å²) < 4.78 is 41.3. The number of hydrogen-bond acceptors (Lipinski definition) is 3. The highest BCUT2D eigenvalue weighted by Crippen LogP contribution is 2.42. The van der Waals surface area contributed by atoms with Gasteiger partial charge >= 0.3 is 6.36 Å². The molecule has 0 fully saturated rings. The van der Waals surface area contributed by atoms with Crippen LogP contribution in [-0.4, -0.2) is 24.2 Å². The quantitative estimate of drug-likeness (QED) is 0.464. The lowest BCUT2D eigenvalue weighted by atomic mass is 9.89. The van der Waals surface area contributed by atoms with E-state index in [9.17, 15) is 22.8 Å². The Bertz CT molecular complexity index is 1180. The second-order valence-corrected chi connectivity index (χ2v) is 8.13. The van der Waals surface area contributed by atoms with Crippen LogP contribution in [0.25, 0.3) is 0 Å². The fourth-order valence-electron chi connectivity index (χ4n) is 4.44. The summed E-state index contributed by atoms with van der Waals surface area (Å²) in [6.45, 7) is 3.41. The smallest absolute Gasteiger partial charge is 0.406 e. The van der Waals surface area contributed by atoms with E-state index in [1.807, 2.05) is 61.5 Å². The van der Waals surface area contributed by atoms with Crippen molar-refractivity contribution in [3.63, 3.8) is 0 Å². The average Bonchev–Trinajstić information content (AvgIpc) is 2.79. The van der Waals surface area contributed by atoms with Gasteiger partial charge in [-0.3, -0.25) is 9.59 Å². The Hall–Kier alpha value is -3.81. The molecule has 0 N–H and O–H groups in total. The van der Waals surface area contributed by atoms with E-state index in [1.165, 1.54) is 19.1 Å². The van der Waals surface area contributed by atoms with Crippen LogP contribution in [0.2, 0.25) is 0 Å². The van der Waals surface area contributed by atoms with E-state index < -0.39 is 12.1 Å². The molecule has 0 radical (unpaired) electrons. The van der Waals surface area contributed by atoms with Gasteiger partial charge in [0.15, 0.2) is 0 Å². The maximum atomic E-state index is 13.4. The summed E-state index contributed by atoms with van der Waals surface area (Å²) in [4.78, 5) is 29.5. The molecule has 0 saturated heterocycles. The van der Waals surface area contributed by atoms with Crippen molar-refractivity contribution in [1.82, 2.24) is 0 Å². The fourth-order valence-corrected chi connectivity index (χ4v) is 4.44. The van der Waals surface area contributed by atoms with Crippen molar-refractivity contribution < 1.29 is 27.5 Å². The number of alkyl halides is 3. The molecule has 8 heteroatoms. The number of para-hydroxylation sites is 2. The van der Waals surface area contributed by atoms with Gasteiger partial charge < -0.3 is 14.5 Å². The molecule has 1 heterocycles. The minimum Gasteiger partial charge on any atom is -0.406 e. The SMILES string of the molecule is CC(=O)N(c1ccccc1)[C@H]1C[C@@H](C)N(C(=O)c2ccc(OC(F)(F)F)cc2)c2ccccc21. The van der Waals surface area contributed by atoms with Crippen LogP contribution in [0.3, 0.4) is 0 Å². The minimum atomic E-state index is -4.80. The molecule has 2 atom stereocenters. The fraction of sp³-hybridized carbons (Fsp3) is 0.231. The van der Waals surface area contributed by atoms with Crippen molar-refractivity contribution >= 4 is 23.2 Å². The van der Waals surface area contributed by atoms with Crippen LogP contribution in [-0.2, 0) is 4.79 Å². The van der Waals surface area contributed by atoms with Crippen LogP contribution in [0.15, 0.2) is 78.9 Å². The molecule has 3 aromatic rings. The van der Waals surface area contributed by atoms with Crippen LogP contribution in [0.4, 0.5) is 24.5 Å². The third kappa shape index (κ3) is 4.76. The first-order chi connectivity index (χ1) is 16.2. The Balaban J connectivity index is 1.69. The topological polar surface area (TPSA) is 49.9 Å². The maximum absolute atomic E-state index is 13.4. The van der Waals surface area contributed by atoms with Crippen LogP contribution >= 0.6 is 0 Å². The zero-order valence-corrected chi connectivity index (χ0v) is 18.6. The molecule has 3 aromatic carbocycles. The van der Waals surface area contributed by atoms with Gasteiger partial charge in [-0.1, -0.05) is 36.4 Å². The van der Waals surface area contributed by atoms with Gasteiger partial charge in [-0.2, -0.15) is 0 Å². The number of carbonyl (C=O) groups excluding carboxylic acids is 2. The molecule has 0 aromatic heterocycles. The van der Waals surface area contributed by atoms with E-state index in [0.29, 0.717) is 12.1 Å². The summed E-state index contributed by atoms with van der Waals surface area (Å²) in [5, 5.41) is 0. The summed E-state index contributed by atoms with van der Waals surface area (Å²) in [6.07, 6.45) is -4.31. The Labute approximate surface area is 195 Å². The van der Waals surface area contributed by atoms with Gasteiger partial charge in [0, 0.05) is 29.9 Å². The van der Waals surface area contributed by atoms with Gasteiger partial charge in [0.25, 0.3) is 5.91 Å². The summed E-state index contributed by atoms with van der Waals surface area (Å²) in [5.74, 6) is -0.847. The predicted molar refractivity (Wildman–Crippen MR) is 123 cm³/mol. The van der Waals surface area contributed by atoms with Gasteiger partial charge in [0.1, 0.15) is 5.75 Å². The number of fused-ring (bicyclic) bond motifs is 1. The average molecular weight is 468 g/mol. The van der Waals surface area contributed by atoms with E-state index >= 15 is 0 Å². The van der Waals surface area contributed by atoms with E-state index in [-0.39, 0.29) is 29.5 Å². The van der Waals surface area contributed by atoms with Gasteiger partial charge in [0.05, 0.1) is 6.04 Å². The molecule has 5 nitrogen and oxygen atoms in total. The number of hydrogen-bond donors (Lipinski definition) is 0. The predicted octanol–water partition coefficient (Wildman–Crippen LogP) is 6.12. The molecular formula is C26H23F3N2O3. The van der Waals surface area contributed by atoms with E-state index in [2.05, 4.69) is 4.74 Å². The Morgan fingerprint density at radius 1 is 0.941 bits per heavy atom. The number of anilines is 2. The number of benzene rings is 3. The van der Waals surface area contributed by atoms with E-state index in [1.54, 1.807) is 9.80 Å². The lowest BCUT2D eigenvalue weighted by Gasteiger charge is -2.43. The van der Waals surface area contributed by atoms with Crippen molar-refractivity contribution in [3.8, 4) is 5.75 Å². The highest BCUT2D eigenvalue weighted by molar-refractivity contribution is 6.07. The van der Waals surface area contributed by atoms with Gasteiger partial charge in [-0.25, -0.2) is 0 Å². The lowest BCUT2D eigenvalue weighted by molar-refractivity contribution is -0.274. The first kappa shape index (κ1) is 23.4. The molecule has 34 heavy (non-hydrogen) atoms. The Kier molecular flexibility index (Phi) is 6.32. The lowest BCUT2D eigenvalue weighted by Crippen LogP contribution is -2.47. The normalized spacial score (nSPS) is 17.6. The summed E-state index contributed by atoms with van der Waals surface area (Å²) in [7, 11) is 0. The van der Waals surface area contributed by atoms with E-state index in [0.717, 1.165) is 23.4 Å². The number of carbonyl (C=O) groups is 2.